The van der Waals surface area contributed by atoms with E-state index in [9.17, 15) is 0 Å². The zero-order valence-corrected chi connectivity index (χ0v) is 11.1. The maximum absolute atomic E-state index is 8.97. The summed E-state index contributed by atoms with van der Waals surface area (Å²) in [7, 11) is 1.61. The van der Waals surface area contributed by atoms with Crippen LogP contribution in [0.4, 0.5) is 5.69 Å². The first kappa shape index (κ1) is 12.8. The third-order valence-corrected chi connectivity index (χ3v) is 3.86. The second-order valence-corrected chi connectivity index (χ2v) is 4.84. The lowest BCUT2D eigenvalue weighted by molar-refractivity contribution is 0.393. The van der Waals surface area contributed by atoms with Gasteiger partial charge in [-0.3, -0.25) is 0 Å². The average Bonchev–Trinajstić information content (AvgIpc) is 2.46. The van der Waals surface area contributed by atoms with Crippen molar-refractivity contribution in [2.24, 2.45) is 5.92 Å². The number of anilines is 1. The van der Waals surface area contributed by atoms with Crippen LogP contribution in [0, 0.1) is 17.2 Å². The van der Waals surface area contributed by atoms with Crippen molar-refractivity contribution in [3.8, 4) is 11.8 Å². The molecule has 0 saturated carbocycles. The monoisotopic (exact) mass is 244 g/mol. The van der Waals surface area contributed by atoms with Crippen LogP contribution in [0.15, 0.2) is 18.2 Å². The Balaban J connectivity index is 2.13. The van der Waals surface area contributed by atoms with Crippen LogP contribution in [0.2, 0.25) is 0 Å². The molecule has 1 aliphatic heterocycles. The highest BCUT2D eigenvalue weighted by molar-refractivity contribution is 5.57. The molecular weight excluding hydrogens is 224 g/mol. The van der Waals surface area contributed by atoms with Gasteiger partial charge in [0.25, 0.3) is 0 Å². The molecule has 3 heteroatoms. The summed E-state index contributed by atoms with van der Waals surface area (Å²) in [6, 6.07) is 7.99. The number of ether oxygens (including phenoxy) is 1. The molecule has 96 valence electrons. The Morgan fingerprint density at radius 2 is 2.11 bits per heavy atom. The zero-order chi connectivity index (χ0) is 13.0. The third-order valence-electron chi connectivity index (χ3n) is 3.86. The SMILES string of the molecule is CCC1CCN(c2ccc(C#N)c(OC)c2)CC1. The molecule has 0 unspecified atom stereocenters. The van der Waals surface area contributed by atoms with Crippen LogP contribution in [0.5, 0.6) is 5.75 Å². The lowest BCUT2D eigenvalue weighted by atomic mass is 9.94. The van der Waals surface area contributed by atoms with E-state index in [1.807, 2.05) is 18.2 Å². The maximum atomic E-state index is 8.97. The van der Waals surface area contributed by atoms with Crippen molar-refractivity contribution in [1.82, 2.24) is 0 Å². The van der Waals surface area contributed by atoms with E-state index in [0.29, 0.717) is 11.3 Å². The number of hydrogen-bond donors (Lipinski definition) is 0. The second-order valence-electron chi connectivity index (χ2n) is 4.84. The minimum Gasteiger partial charge on any atom is -0.495 e. The molecule has 1 saturated heterocycles. The van der Waals surface area contributed by atoms with Gasteiger partial charge >= 0.3 is 0 Å². The summed E-state index contributed by atoms with van der Waals surface area (Å²) < 4.78 is 5.26. The number of rotatable bonds is 3. The number of hydrogen-bond acceptors (Lipinski definition) is 3. The Bertz CT molecular complexity index is 442. The number of piperidine rings is 1. The molecule has 1 fully saturated rings. The topological polar surface area (TPSA) is 36.3 Å². The molecule has 0 amide bonds. The normalized spacial score (nSPS) is 16.4. The van der Waals surface area contributed by atoms with E-state index in [2.05, 4.69) is 17.9 Å². The van der Waals surface area contributed by atoms with Crippen molar-refractivity contribution in [2.75, 3.05) is 25.1 Å². The summed E-state index contributed by atoms with van der Waals surface area (Å²) >= 11 is 0. The fourth-order valence-electron chi connectivity index (χ4n) is 2.57. The Morgan fingerprint density at radius 3 is 2.67 bits per heavy atom. The molecule has 2 rings (SSSR count). The molecule has 0 bridgehead atoms. The molecular formula is C15H20N2O. The number of methoxy groups -OCH3 is 1. The van der Waals surface area contributed by atoms with E-state index in [1.165, 1.54) is 24.9 Å². The van der Waals surface area contributed by atoms with E-state index in [-0.39, 0.29) is 0 Å². The Hall–Kier alpha value is -1.69. The summed E-state index contributed by atoms with van der Waals surface area (Å²) in [6.45, 7) is 4.48. The van der Waals surface area contributed by atoms with Gasteiger partial charge in [0.1, 0.15) is 11.8 Å². The lowest BCUT2D eigenvalue weighted by Gasteiger charge is -2.33. The summed E-state index contributed by atoms with van der Waals surface area (Å²) in [6.07, 6.45) is 3.81. The summed E-state index contributed by atoms with van der Waals surface area (Å²) in [4.78, 5) is 2.38. The van der Waals surface area contributed by atoms with Gasteiger partial charge in [-0.2, -0.15) is 5.26 Å². The highest BCUT2D eigenvalue weighted by Gasteiger charge is 2.18. The predicted octanol–water partition coefficient (Wildman–Crippen LogP) is 3.19. The van der Waals surface area contributed by atoms with Crippen LogP contribution in [-0.4, -0.2) is 20.2 Å². The maximum Gasteiger partial charge on any atom is 0.138 e. The predicted molar refractivity (Wildman–Crippen MR) is 72.9 cm³/mol. The molecule has 3 nitrogen and oxygen atoms in total. The fraction of sp³-hybridized carbons (Fsp3) is 0.533. The van der Waals surface area contributed by atoms with E-state index < -0.39 is 0 Å². The number of benzene rings is 1. The molecule has 0 spiro atoms. The van der Waals surface area contributed by atoms with Crippen LogP contribution >= 0.6 is 0 Å². The molecule has 1 aromatic carbocycles. The molecule has 1 aliphatic rings. The van der Waals surface area contributed by atoms with Crippen LogP contribution in [0.25, 0.3) is 0 Å². The number of nitrogens with zero attached hydrogens (tertiary/aromatic N) is 2. The smallest absolute Gasteiger partial charge is 0.138 e. The molecule has 0 radical (unpaired) electrons. The first-order chi connectivity index (χ1) is 8.78. The fourth-order valence-corrected chi connectivity index (χ4v) is 2.57. The van der Waals surface area contributed by atoms with E-state index in [4.69, 9.17) is 10.00 Å². The average molecular weight is 244 g/mol. The molecule has 1 heterocycles. The molecule has 18 heavy (non-hydrogen) atoms. The summed E-state index contributed by atoms with van der Waals surface area (Å²) in [5, 5.41) is 8.97. The van der Waals surface area contributed by atoms with Gasteiger partial charge in [0.05, 0.1) is 12.7 Å². The zero-order valence-electron chi connectivity index (χ0n) is 11.1. The van der Waals surface area contributed by atoms with Crippen molar-refractivity contribution in [1.29, 1.82) is 5.26 Å². The van der Waals surface area contributed by atoms with Gasteiger partial charge < -0.3 is 9.64 Å². The third kappa shape index (κ3) is 2.59. The summed E-state index contributed by atoms with van der Waals surface area (Å²) in [5.41, 5.74) is 1.77. The van der Waals surface area contributed by atoms with Crippen molar-refractivity contribution >= 4 is 5.69 Å². The molecule has 0 aliphatic carbocycles. The highest BCUT2D eigenvalue weighted by atomic mass is 16.5. The van der Waals surface area contributed by atoms with E-state index >= 15 is 0 Å². The quantitative estimate of drug-likeness (QED) is 0.819. The molecule has 0 atom stereocenters. The van der Waals surface area contributed by atoms with Crippen molar-refractivity contribution in [3.05, 3.63) is 23.8 Å². The Kier molecular flexibility index (Phi) is 4.09. The van der Waals surface area contributed by atoms with E-state index in [1.54, 1.807) is 7.11 Å². The van der Waals surface area contributed by atoms with Crippen molar-refractivity contribution < 1.29 is 4.74 Å². The molecule has 1 aromatic rings. The second kappa shape index (κ2) is 5.77. The Labute approximate surface area is 109 Å². The first-order valence-electron chi connectivity index (χ1n) is 6.61. The van der Waals surface area contributed by atoms with Gasteiger partial charge in [0.15, 0.2) is 0 Å². The van der Waals surface area contributed by atoms with Gasteiger partial charge in [-0.1, -0.05) is 13.3 Å². The minimum absolute atomic E-state index is 0.602. The van der Waals surface area contributed by atoms with Gasteiger partial charge in [-0.15, -0.1) is 0 Å². The van der Waals surface area contributed by atoms with Crippen LogP contribution < -0.4 is 9.64 Å². The van der Waals surface area contributed by atoms with Crippen LogP contribution in [0.1, 0.15) is 31.7 Å². The molecule has 0 N–H and O–H groups in total. The Morgan fingerprint density at radius 1 is 1.39 bits per heavy atom. The first-order valence-corrected chi connectivity index (χ1v) is 6.61. The van der Waals surface area contributed by atoms with Gasteiger partial charge in [0, 0.05) is 24.8 Å². The van der Waals surface area contributed by atoms with Crippen molar-refractivity contribution in [3.63, 3.8) is 0 Å². The highest BCUT2D eigenvalue weighted by Crippen LogP contribution is 2.29. The number of nitriles is 1. The minimum atomic E-state index is 0.602. The van der Waals surface area contributed by atoms with E-state index in [0.717, 1.165) is 19.0 Å². The van der Waals surface area contributed by atoms with Crippen molar-refractivity contribution in [2.45, 2.75) is 26.2 Å². The van der Waals surface area contributed by atoms with Gasteiger partial charge in [-0.25, -0.2) is 0 Å². The van der Waals surface area contributed by atoms with Crippen LogP contribution in [-0.2, 0) is 0 Å². The lowest BCUT2D eigenvalue weighted by Crippen LogP contribution is -2.33. The molecule has 0 aromatic heterocycles. The van der Waals surface area contributed by atoms with Crippen LogP contribution in [0.3, 0.4) is 0 Å². The largest absolute Gasteiger partial charge is 0.495 e. The summed E-state index contributed by atoms with van der Waals surface area (Å²) in [5.74, 6) is 1.55. The van der Waals surface area contributed by atoms with Gasteiger partial charge in [0.2, 0.25) is 0 Å². The standard InChI is InChI=1S/C15H20N2O/c1-3-12-6-8-17(9-7-12)14-5-4-13(11-16)15(10-14)18-2/h4-5,10,12H,3,6-9H2,1-2H3. The van der Waals surface area contributed by atoms with Gasteiger partial charge in [-0.05, 0) is 30.9 Å².